The molecule has 2 N–H and O–H groups in total. The summed E-state index contributed by atoms with van der Waals surface area (Å²) in [6.45, 7) is 4.27. The number of aromatic nitrogens is 1. The second-order valence-corrected chi connectivity index (χ2v) is 4.96. The number of halogens is 1. The molecule has 0 radical (unpaired) electrons. The summed E-state index contributed by atoms with van der Waals surface area (Å²) < 4.78 is 6.54. The molecule has 1 aromatic carbocycles. The number of benzene rings is 1. The topological polar surface area (TPSA) is 52.0 Å². The zero-order chi connectivity index (χ0) is 11.0. The van der Waals surface area contributed by atoms with Crippen LogP contribution in [-0.4, -0.2) is 4.98 Å². The molecule has 0 aliphatic rings. The predicted octanol–water partition coefficient (Wildman–Crippen LogP) is 3.37. The number of hydrogen-bond donors (Lipinski definition) is 1. The Morgan fingerprint density at radius 3 is 2.87 bits per heavy atom. The summed E-state index contributed by atoms with van der Waals surface area (Å²) in [6.07, 6.45) is 0.839. The molecule has 15 heavy (non-hydrogen) atoms. The summed E-state index contributed by atoms with van der Waals surface area (Å²) in [5.74, 6) is 1.28. The van der Waals surface area contributed by atoms with Gasteiger partial charge in [0.2, 0.25) is 0 Å². The van der Waals surface area contributed by atoms with Gasteiger partial charge in [-0.05, 0) is 18.1 Å². The zero-order valence-electron chi connectivity index (χ0n) is 8.75. The fraction of sp³-hybridized carbons (Fsp3) is 0.364. The van der Waals surface area contributed by atoms with E-state index in [0.29, 0.717) is 17.2 Å². The standard InChI is InChI=1S/C11H13BrN2O/c1-6(2)3-10-14-9-5-7(12)4-8(13)11(9)15-10/h4-6H,3,13H2,1-2H3. The fourth-order valence-corrected chi connectivity index (χ4v) is 1.97. The molecule has 80 valence electrons. The third kappa shape index (κ3) is 2.15. The summed E-state index contributed by atoms with van der Waals surface area (Å²) in [6, 6.07) is 3.74. The van der Waals surface area contributed by atoms with Crippen LogP contribution in [0.1, 0.15) is 19.7 Å². The smallest absolute Gasteiger partial charge is 0.195 e. The van der Waals surface area contributed by atoms with E-state index in [1.165, 1.54) is 0 Å². The second-order valence-electron chi connectivity index (χ2n) is 4.05. The average molecular weight is 269 g/mol. The van der Waals surface area contributed by atoms with Crippen LogP contribution in [0.4, 0.5) is 5.69 Å². The van der Waals surface area contributed by atoms with Crippen LogP contribution >= 0.6 is 15.9 Å². The Kier molecular flexibility index (Phi) is 2.69. The minimum Gasteiger partial charge on any atom is -0.439 e. The van der Waals surface area contributed by atoms with Crippen molar-refractivity contribution >= 4 is 32.7 Å². The van der Waals surface area contributed by atoms with Gasteiger partial charge in [-0.2, -0.15) is 0 Å². The number of anilines is 1. The molecule has 0 fully saturated rings. The largest absolute Gasteiger partial charge is 0.439 e. The van der Waals surface area contributed by atoms with E-state index in [1.807, 2.05) is 12.1 Å². The molecule has 0 spiro atoms. The van der Waals surface area contributed by atoms with Crippen molar-refractivity contribution in [2.45, 2.75) is 20.3 Å². The molecule has 0 saturated heterocycles. The van der Waals surface area contributed by atoms with Crippen molar-refractivity contribution < 1.29 is 4.42 Å². The van der Waals surface area contributed by atoms with Crippen molar-refractivity contribution in [1.29, 1.82) is 0 Å². The number of fused-ring (bicyclic) bond motifs is 1. The summed E-state index contributed by atoms with van der Waals surface area (Å²) in [4.78, 5) is 4.40. The minimum absolute atomic E-state index is 0.530. The zero-order valence-corrected chi connectivity index (χ0v) is 10.3. The first-order valence-electron chi connectivity index (χ1n) is 4.90. The van der Waals surface area contributed by atoms with Gasteiger partial charge in [-0.15, -0.1) is 0 Å². The van der Waals surface area contributed by atoms with Gasteiger partial charge in [0.05, 0.1) is 5.69 Å². The Bertz CT molecular complexity index is 491. The summed E-state index contributed by atoms with van der Waals surface area (Å²) >= 11 is 3.38. The summed E-state index contributed by atoms with van der Waals surface area (Å²) in [5, 5.41) is 0. The van der Waals surface area contributed by atoms with Crippen molar-refractivity contribution in [2.75, 3.05) is 5.73 Å². The highest BCUT2D eigenvalue weighted by atomic mass is 79.9. The Morgan fingerprint density at radius 2 is 2.20 bits per heavy atom. The number of nitrogens with two attached hydrogens (primary N) is 1. The highest BCUT2D eigenvalue weighted by Crippen LogP contribution is 2.27. The molecular weight excluding hydrogens is 256 g/mol. The van der Waals surface area contributed by atoms with E-state index in [4.69, 9.17) is 10.2 Å². The molecule has 0 unspecified atom stereocenters. The first-order valence-corrected chi connectivity index (χ1v) is 5.70. The van der Waals surface area contributed by atoms with Gasteiger partial charge in [-0.25, -0.2) is 4.98 Å². The lowest BCUT2D eigenvalue weighted by molar-refractivity contribution is 0.483. The van der Waals surface area contributed by atoms with Crippen LogP contribution in [0.3, 0.4) is 0 Å². The lowest BCUT2D eigenvalue weighted by atomic mass is 10.1. The maximum Gasteiger partial charge on any atom is 0.195 e. The van der Waals surface area contributed by atoms with Crippen LogP contribution in [-0.2, 0) is 6.42 Å². The molecule has 0 bridgehead atoms. The Morgan fingerprint density at radius 1 is 1.47 bits per heavy atom. The van der Waals surface area contributed by atoms with Crippen LogP contribution in [0.2, 0.25) is 0 Å². The average Bonchev–Trinajstić information content (AvgIpc) is 2.45. The van der Waals surface area contributed by atoms with E-state index >= 15 is 0 Å². The highest BCUT2D eigenvalue weighted by Gasteiger charge is 2.10. The van der Waals surface area contributed by atoms with Crippen LogP contribution in [0.5, 0.6) is 0 Å². The number of oxazole rings is 1. The number of nitrogen functional groups attached to an aromatic ring is 1. The second kappa shape index (κ2) is 3.85. The molecule has 1 heterocycles. The highest BCUT2D eigenvalue weighted by molar-refractivity contribution is 9.10. The quantitative estimate of drug-likeness (QED) is 0.850. The molecule has 0 saturated carbocycles. The monoisotopic (exact) mass is 268 g/mol. The molecule has 0 aliphatic heterocycles. The number of hydrogen-bond acceptors (Lipinski definition) is 3. The van der Waals surface area contributed by atoms with Crippen LogP contribution in [0.15, 0.2) is 21.0 Å². The van der Waals surface area contributed by atoms with E-state index in [1.54, 1.807) is 0 Å². The SMILES string of the molecule is CC(C)Cc1nc2cc(Br)cc(N)c2o1. The van der Waals surface area contributed by atoms with Gasteiger partial charge in [0.15, 0.2) is 11.5 Å². The first kappa shape index (κ1) is 10.5. The Hall–Kier alpha value is -1.03. The third-order valence-corrected chi connectivity index (χ3v) is 2.57. The van der Waals surface area contributed by atoms with Gasteiger partial charge in [-0.1, -0.05) is 29.8 Å². The Balaban J connectivity index is 2.50. The molecule has 0 amide bonds. The molecule has 0 atom stereocenters. The molecule has 2 rings (SSSR count). The van der Waals surface area contributed by atoms with Gasteiger partial charge >= 0.3 is 0 Å². The molecular formula is C11H13BrN2O. The number of rotatable bonds is 2. The number of nitrogens with zero attached hydrogens (tertiary/aromatic N) is 1. The van der Waals surface area contributed by atoms with Crippen molar-refractivity contribution in [3.8, 4) is 0 Å². The Labute approximate surface area is 96.8 Å². The van der Waals surface area contributed by atoms with Crippen LogP contribution in [0, 0.1) is 5.92 Å². The van der Waals surface area contributed by atoms with Gasteiger partial charge in [0.25, 0.3) is 0 Å². The molecule has 1 aromatic heterocycles. The van der Waals surface area contributed by atoms with Gasteiger partial charge in [0.1, 0.15) is 5.52 Å². The minimum atomic E-state index is 0.530. The van der Waals surface area contributed by atoms with Crippen molar-refractivity contribution in [3.05, 3.63) is 22.5 Å². The summed E-state index contributed by atoms with van der Waals surface area (Å²) in [7, 11) is 0. The van der Waals surface area contributed by atoms with Crippen molar-refractivity contribution in [3.63, 3.8) is 0 Å². The maximum absolute atomic E-state index is 5.84. The van der Waals surface area contributed by atoms with Crippen molar-refractivity contribution in [2.24, 2.45) is 5.92 Å². The van der Waals surface area contributed by atoms with E-state index < -0.39 is 0 Å². The lowest BCUT2D eigenvalue weighted by Gasteiger charge is -1.97. The van der Waals surface area contributed by atoms with Crippen LogP contribution < -0.4 is 5.73 Å². The van der Waals surface area contributed by atoms with E-state index in [-0.39, 0.29) is 0 Å². The predicted molar refractivity (Wildman–Crippen MR) is 64.7 cm³/mol. The first-order chi connectivity index (χ1) is 7.06. The molecule has 0 aliphatic carbocycles. The van der Waals surface area contributed by atoms with Crippen LogP contribution in [0.25, 0.3) is 11.1 Å². The lowest BCUT2D eigenvalue weighted by Crippen LogP contribution is -1.93. The maximum atomic E-state index is 5.84. The third-order valence-electron chi connectivity index (χ3n) is 2.11. The van der Waals surface area contributed by atoms with E-state index in [0.717, 1.165) is 22.3 Å². The van der Waals surface area contributed by atoms with Gasteiger partial charge in [0, 0.05) is 10.9 Å². The van der Waals surface area contributed by atoms with Gasteiger partial charge < -0.3 is 10.2 Å². The van der Waals surface area contributed by atoms with E-state index in [2.05, 4.69) is 34.8 Å². The fourth-order valence-electron chi connectivity index (χ4n) is 1.51. The molecule has 4 heteroatoms. The van der Waals surface area contributed by atoms with Crippen molar-refractivity contribution in [1.82, 2.24) is 4.98 Å². The normalized spacial score (nSPS) is 11.5. The van der Waals surface area contributed by atoms with Gasteiger partial charge in [-0.3, -0.25) is 0 Å². The molecule has 3 nitrogen and oxygen atoms in total. The molecule has 2 aromatic rings. The summed E-state index contributed by atoms with van der Waals surface area (Å²) in [5.41, 5.74) is 7.97. The van der Waals surface area contributed by atoms with E-state index in [9.17, 15) is 0 Å².